The monoisotopic (exact) mass is 395 g/mol. The Morgan fingerprint density at radius 2 is 2.00 bits per heavy atom. The molecule has 2 atom stereocenters. The number of thioether (sulfide) groups is 1. The minimum Gasteiger partial charge on any atom is -0.550 e. The van der Waals surface area contributed by atoms with Gasteiger partial charge in [-0.15, -0.1) is 0 Å². The summed E-state index contributed by atoms with van der Waals surface area (Å²) in [5.74, 6) is -1.78. The van der Waals surface area contributed by atoms with Gasteiger partial charge in [-0.3, -0.25) is 4.79 Å². The Labute approximate surface area is 156 Å². The highest BCUT2D eigenvalue weighted by molar-refractivity contribution is 8.16. The number of aliphatic carboxylic acids is 1. The van der Waals surface area contributed by atoms with Gasteiger partial charge >= 0.3 is 0 Å². The van der Waals surface area contributed by atoms with Crippen LogP contribution in [0.1, 0.15) is 24.0 Å². The van der Waals surface area contributed by atoms with Crippen LogP contribution in [0.2, 0.25) is 0 Å². The normalized spacial score (nSPS) is 25.5. The number of fused-ring (bicyclic) bond motifs is 1. The second kappa shape index (κ2) is 7.03. The number of aryl methyl sites for hydroxylation is 2. The molecule has 2 aliphatic rings. The van der Waals surface area contributed by atoms with Crippen molar-refractivity contribution in [1.82, 2.24) is 0 Å². The van der Waals surface area contributed by atoms with Gasteiger partial charge in [0.25, 0.3) is 0 Å². The van der Waals surface area contributed by atoms with Crippen LogP contribution in [-0.4, -0.2) is 48.3 Å². The zero-order valence-corrected chi connectivity index (χ0v) is 16.1. The van der Waals surface area contributed by atoms with E-state index in [9.17, 15) is 23.1 Å². The lowest BCUT2D eigenvalue weighted by Crippen LogP contribution is -2.38. The van der Waals surface area contributed by atoms with Gasteiger partial charge in [-0.05, 0) is 37.5 Å². The smallest absolute Gasteiger partial charge is 0.248 e. The number of anilines is 1. The fraction of sp³-hybridized carbons (Fsp3) is 0.471. The van der Waals surface area contributed by atoms with Crippen molar-refractivity contribution >= 4 is 44.3 Å². The van der Waals surface area contributed by atoms with E-state index in [0.29, 0.717) is 5.17 Å². The van der Waals surface area contributed by atoms with Gasteiger partial charge in [0, 0.05) is 23.3 Å². The van der Waals surface area contributed by atoms with Crippen molar-refractivity contribution < 1.29 is 23.1 Å². The van der Waals surface area contributed by atoms with Gasteiger partial charge in [-0.1, -0.05) is 23.9 Å². The fourth-order valence-electron chi connectivity index (χ4n) is 3.20. The van der Waals surface area contributed by atoms with Gasteiger partial charge in [-0.25, -0.2) is 8.42 Å². The summed E-state index contributed by atoms with van der Waals surface area (Å²) in [6.45, 7) is 3.86. The predicted molar refractivity (Wildman–Crippen MR) is 98.9 cm³/mol. The lowest BCUT2D eigenvalue weighted by molar-refractivity contribution is -0.305. The Kier molecular flexibility index (Phi) is 5.12. The number of carboxylic acids is 1. The fourth-order valence-corrected chi connectivity index (χ4v) is 7.12. The third-order valence-electron chi connectivity index (χ3n) is 4.45. The number of aliphatic imine (C=N–C) groups is 1. The van der Waals surface area contributed by atoms with Crippen LogP contribution in [-0.2, 0) is 19.4 Å². The van der Waals surface area contributed by atoms with Crippen LogP contribution in [0.5, 0.6) is 0 Å². The quantitative estimate of drug-likeness (QED) is 0.728. The van der Waals surface area contributed by atoms with Crippen molar-refractivity contribution in [3.63, 3.8) is 0 Å². The van der Waals surface area contributed by atoms with Crippen LogP contribution in [0.4, 0.5) is 5.69 Å². The van der Waals surface area contributed by atoms with Gasteiger partial charge in [-0.2, -0.15) is 4.99 Å². The SMILES string of the molecule is Cc1ccc(C)c(N2C(=NC(=O)CCC(=O)[O-])S[C@H]3CS(=O)(=O)C[C@@H]32)c1. The molecule has 0 unspecified atom stereocenters. The summed E-state index contributed by atoms with van der Waals surface area (Å²) in [5.41, 5.74) is 2.80. The molecule has 0 aliphatic carbocycles. The average Bonchev–Trinajstić information content (AvgIpc) is 2.99. The second-order valence-corrected chi connectivity index (χ2v) is 9.98. The van der Waals surface area contributed by atoms with E-state index in [4.69, 9.17) is 0 Å². The molecule has 7 nitrogen and oxygen atoms in total. The van der Waals surface area contributed by atoms with Gasteiger partial charge in [0.1, 0.15) is 0 Å². The summed E-state index contributed by atoms with van der Waals surface area (Å²) in [6, 6.07) is 5.58. The highest BCUT2D eigenvalue weighted by Crippen LogP contribution is 2.42. The largest absolute Gasteiger partial charge is 0.550 e. The predicted octanol–water partition coefficient (Wildman–Crippen LogP) is 0.435. The summed E-state index contributed by atoms with van der Waals surface area (Å²) in [4.78, 5) is 28.5. The number of hydrogen-bond acceptors (Lipinski definition) is 6. The zero-order chi connectivity index (χ0) is 19.1. The Bertz CT molecular complexity index is 894. The maximum absolute atomic E-state index is 12.1. The highest BCUT2D eigenvalue weighted by Gasteiger charge is 2.49. The van der Waals surface area contributed by atoms with Crippen LogP contribution < -0.4 is 10.0 Å². The van der Waals surface area contributed by atoms with Crippen molar-refractivity contribution in [2.24, 2.45) is 4.99 Å². The van der Waals surface area contributed by atoms with Gasteiger partial charge < -0.3 is 14.8 Å². The maximum Gasteiger partial charge on any atom is 0.248 e. The molecule has 0 aromatic heterocycles. The molecular formula is C17H19N2O5S2-. The molecular weight excluding hydrogens is 376 g/mol. The molecule has 2 aliphatic heterocycles. The summed E-state index contributed by atoms with van der Waals surface area (Å²) in [6.07, 6.45) is -0.619. The lowest BCUT2D eigenvalue weighted by Gasteiger charge is -2.26. The van der Waals surface area contributed by atoms with E-state index < -0.39 is 21.7 Å². The first-order valence-corrected chi connectivity index (χ1v) is 10.9. The number of carboxylic acid groups (broad SMARTS) is 1. The number of nitrogens with zero attached hydrogens (tertiary/aromatic N) is 2. The molecule has 1 aromatic rings. The summed E-state index contributed by atoms with van der Waals surface area (Å²) >= 11 is 1.28. The van der Waals surface area contributed by atoms with E-state index >= 15 is 0 Å². The molecule has 140 valence electrons. The molecule has 0 spiro atoms. The number of sulfone groups is 1. The van der Waals surface area contributed by atoms with Crippen LogP contribution in [0.3, 0.4) is 0 Å². The minimum atomic E-state index is -3.13. The van der Waals surface area contributed by atoms with E-state index in [1.807, 2.05) is 36.9 Å². The summed E-state index contributed by atoms with van der Waals surface area (Å²) < 4.78 is 24.1. The number of benzene rings is 1. The van der Waals surface area contributed by atoms with E-state index in [0.717, 1.165) is 16.8 Å². The topological polar surface area (TPSA) is 107 Å². The zero-order valence-electron chi connectivity index (χ0n) is 14.5. The van der Waals surface area contributed by atoms with Crippen molar-refractivity contribution in [3.05, 3.63) is 29.3 Å². The molecule has 0 N–H and O–H groups in total. The Hall–Kier alpha value is -1.87. The van der Waals surface area contributed by atoms with Crippen molar-refractivity contribution in [2.75, 3.05) is 16.4 Å². The van der Waals surface area contributed by atoms with E-state index in [1.54, 1.807) is 0 Å². The van der Waals surface area contributed by atoms with Gasteiger partial charge in [0.2, 0.25) is 5.91 Å². The first-order chi connectivity index (χ1) is 12.2. The Balaban J connectivity index is 1.97. The summed E-state index contributed by atoms with van der Waals surface area (Å²) in [5, 5.41) is 10.8. The van der Waals surface area contributed by atoms with Crippen LogP contribution in [0.15, 0.2) is 23.2 Å². The average molecular weight is 395 g/mol. The first-order valence-electron chi connectivity index (χ1n) is 8.21. The minimum absolute atomic E-state index is 0.0182. The molecule has 3 rings (SSSR count). The van der Waals surface area contributed by atoms with Crippen molar-refractivity contribution in [1.29, 1.82) is 0 Å². The number of carbonyl (C=O) groups excluding carboxylic acids is 2. The molecule has 1 aromatic carbocycles. The molecule has 0 bridgehead atoms. The summed E-state index contributed by atoms with van der Waals surface area (Å²) in [7, 11) is -3.13. The second-order valence-electron chi connectivity index (χ2n) is 6.62. The first kappa shape index (κ1) is 18.9. The molecule has 1 amide bonds. The number of amides is 1. The Morgan fingerprint density at radius 3 is 2.69 bits per heavy atom. The number of rotatable bonds is 4. The van der Waals surface area contributed by atoms with Crippen LogP contribution in [0.25, 0.3) is 0 Å². The third kappa shape index (κ3) is 3.93. The number of carbonyl (C=O) groups is 2. The lowest BCUT2D eigenvalue weighted by atomic mass is 10.1. The molecule has 9 heteroatoms. The molecule has 2 fully saturated rings. The van der Waals surface area contributed by atoms with Crippen molar-refractivity contribution in [2.45, 2.75) is 38.0 Å². The molecule has 2 heterocycles. The standard InChI is InChI=1S/C17H20N2O5S2/c1-10-3-4-11(2)12(7-10)19-13-8-26(23,24)9-14(13)25-17(19)18-15(20)5-6-16(21)22/h3-4,7,13-14H,5-6,8-9H2,1-2H3,(H,21,22)/p-1/t13-,14-/m0/s1. The molecule has 26 heavy (non-hydrogen) atoms. The van der Waals surface area contributed by atoms with Gasteiger partial charge in [0.05, 0.1) is 17.5 Å². The molecule has 0 radical (unpaired) electrons. The van der Waals surface area contributed by atoms with Crippen LogP contribution >= 0.6 is 11.8 Å². The third-order valence-corrected chi connectivity index (χ3v) is 7.66. The number of hydrogen-bond donors (Lipinski definition) is 0. The molecule has 2 saturated heterocycles. The van der Waals surface area contributed by atoms with E-state index in [2.05, 4.69) is 4.99 Å². The van der Waals surface area contributed by atoms with Gasteiger partial charge in [0.15, 0.2) is 15.0 Å². The van der Waals surface area contributed by atoms with Crippen molar-refractivity contribution in [3.8, 4) is 0 Å². The van der Waals surface area contributed by atoms with E-state index in [1.165, 1.54) is 11.8 Å². The molecule has 0 saturated carbocycles. The van der Waals surface area contributed by atoms with Crippen LogP contribution in [0, 0.1) is 13.8 Å². The number of amidine groups is 1. The van der Waals surface area contributed by atoms with E-state index in [-0.39, 0.29) is 35.6 Å². The highest BCUT2D eigenvalue weighted by atomic mass is 32.2. The maximum atomic E-state index is 12.1. The Morgan fingerprint density at radius 1 is 1.27 bits per heavy atom.